The normalized spacial score (nSPS) is 15.6. The zero-order chi connectivity index (χ0) is 21.3. The van der Waals surface area contributed by atoms with Crippen molar-refractivity contribution in [2.24, 2.45) is 0 Å². The molecule has 2 aromatic rings. The number of aromatic nitrogens is 1. The number of imide groups is 1. The molecule has 7 nitrogen and oxygen atoms in total. The van der Waals surface area contributed by atoms with Gasteiger partial charge in [0, 0.05) is 10.9 Å². The van der Waals surface area contributed by atoms with Gasteiger partial charge in [-0.15, -0.1) is 11.3 Å². The van der Waals surface area contributed by atoms with Crippen LogP contribution in [0.5, 0.6) is 0 Å². The first kappa shape index (κ1) is 21.0. The highest BCUT2D eigenvalue weighted by Gasteiger charge is 2.49. The van der Waals surface area contributed by atoms with Crippen LogP contribution in [0.15, 0.2) is 17.5 Å². The first-order valence-corrected chi connectivity index (χ1v) is 10.6. The van der Waals surface area contributed by atoms with E-state index in [-0.39, 0.29) is 12.5 Å². The topological polar surface area (TPSA) is 91.4 Å². The molecule has 1 fully saturated rings. The van der Waals surface area contributed by atoms with E-state index in [1.165, 1.54) is 22.5 Å². The maximum absolute atomic E-state index is 12.6. The number of amides is 4. The molecule has 0 aliphatic carbocycles. The predicted octanol–water partition coefficient (Wildman–Crippen LogP) is 3.78. The Morgan fingerprint density at radius 2 is 1.79 bits per heavy atom. The molecule has 0 saturated carbocycles. The fourth-order valence-corrected chi connectivity index (χ4v) is 4.27. The van der Waals surface area contributed by atoms with Gasteiger partial charge in [0.2, 0.25) is 5.91 Å². The number of thiazole rings is 1. The van der Waals surface area contributed by atoms with Gasteiger partial charge in [-0.2, -0.15) is 0 Å². The lowest BCUT2D eigenvalue weighted by molar-refractivity contribution is -0.134. The van der Waals surface area contributed by atoms with Crippen molar-refractivity contribution in [3.8, 4) is 11.3 Å². The molecule has 0 spiro atoms. The molecule has 2 heterocycles. The lowest BCUT2D eigenvalue weighted by Crippen LogP contribution is -2.46. The van der Waals surface area contributed by atoms with Crippen molar-refractivity contribution in [3.63, 3.8) is 0 Å². The van der Waals surface area contributed by atoms with E-state index in [9.17, 15) is 14.4 Å². The van der Waals surface area contributed by atoms with Crippen molar-refractivity contribution >= 4 is 34.3 Å². The van der Waals surface area contributed by atoms with Crippen molar-refractivity contribution in [2.45, 2.75) is 53.0 Å². The molecule has 29 heavy (non-hydrogen) atoms. The third-order valence-electron chi connectivity index (χ3n) is 5.62. The van der Waals surface area contributed by atoms with Gasteiger partial charge < -0.3 is 10.6 Å². The van der Waals surface area contributed by atoms with E-state index in [4.69, 9.17) is 0 Å². The molecular formula is C21H26N4O3S. The highest BCUT2D eigenvalue weighted by molar-refractivity contribution is 7.14. The molecule has 154 valence electrons. The number of anilines is 1. The lowest BCUT2D eigenvalue weighted by atomic mass is 9.93. The lowest BCUT2D eigenvalue weighted by Gasteiger charge is -2.22. The van der Waals surface area contributed by atoms with Gasteiger partial charge in [-0.25, -0.2) is 9.78 Å². The van der Waals surface area contributed by atoms with E-state index in [2.05, 4.69) is 41.6 Å². The van der Waals surface area contributed by atoms with Crippen LogP contribution in [0.2, 0.25) is 0 Å². The zero-order valence-corrected chi connectivity index (χ0v) is 18.2. The van der Waals surface area contributed by atoms with Crippen LogP contribution in [0.1, 0.15) is 43.4 Å². The van der Waals surface area contributed by atoms with Gasteiger partial charge in [-0.05, 0) is 56.4 Å². The zero-order valence-electron chi connectivity index (χ0n) is 17.4. The number of nitrogens with zero attached hydrogens (tertiary/aromatic N) is 2. The summed E-state index contributed by atoms with van der Waals surface area (Å²) in [6.45, 7) is 9.52. The Hall–Kier alpha value is -2.74. The molecule has 0 bridgehead atoms. The molecule has 1 aromatic heterocycles. The van der Waals surface area contributed by atoms with Crippen molar-refractivity contribution in [1.82, 2.24) is 15.2 Å². The minimum atomic E-state index is -0.910. The average molecular weight is 415 g/mol. The summed E-state index contributed by atoms with van der Waals surface area (Å²) in [5.74, 6) is -0.803. The molecule has 1 aromatic carbocycles. The highest BCUT2D eigenvalue weighted by atomic mass is 32.1. The molecule has 0 unspecified atom stereocenters. The van der Waals surface area contributed by atoms with Crippen LogP contribution in [0.25, 0.3) is 11.3 Å². The van der Waals surface area contributed by atoms with Crippen molar-refractivity contribution < 1.29 is 14.4 Å². The Labute approximate surface area is 174 Å². The van der Waals surface area contributed by atoms with E-state index >= 15 is 0 Å². The molecule has 4 amide bonds. The van der Waals surface area contributed by atoms with E-state index in [0.29, 0.717) is 18.0 Å². The summed E-state index contributed by atoms with van der Waals surface area (Å²) in [7, 11) is 0. The van der Waals surface area contributed by atoms with Gasteiger partial charge in [0.05, 0.1) is 5.69 Å². The summed E-state index contributed by atoms with van der Waals surface area (Å²) in [6.07, 6.45) is 0.967. The summed E-state index contributed by atoms with van der Waals surface area (Å²) < 4.78 is 0. The number of carbonyl (C=O) groups is 3. The van der Waals surface area contributed by atoms with E-state index in [1.807, 2.05) is 26.2 Å². The maximum atomic E-state index is 12.6. The summed E-state index contributed by atoms with van der Waals surface area (Å²) in [5.41, 5.74) is 4.42. The third-order valence-corrected chi connectivity index (χ3v) is 6.38. The van der Waals surface area contributed by atoms with Crippen LogP contribution in [-0.4, -0.2) is 39.8 Å². The highest BCUT2D eigenvalue weighted by Crippen LogP contribution is 2.30. The predicted molar refractivity (Wildman–Crippen MR) is 114 cm³/mol. The van der Waals surface area contributed by atoms with Crippen LogP contribution >= 0.6 is 11.3 Å². The van der Waals surface area contributed by atoms with E-state index in [0.717, 1.165) is 21.7 Å². The largest absolute Gasteiger partial charge is 0.325 e. The SMILES string of the molecule is CCC1(CC)NC(=O)N(CC(=O)Nc2nc(-c3cc(C)c(C)cc3C)cs2)C1=O. The number of hydrogen-bond acceptors (Lipinski definition) is 5. The molecular weight excluding hydrogens is 388 g/mol. The van der Waals surface area contributed by atoms with Crippen molar-refractivity contribution in [1.29, 1.82) is 0 Å². The number of hydrogen-bond donors (Lipinski definition) is 2. The molecule has 3 rings (SSSR count). The van der Waals surface area contributed by atoms with Crippen LogP contribution in [-0.2, 0) is 9.59 Å². The second kappa shape index (κ2) is 7.94. The third kappa shape index (κ3) is 3.89. The monoisotopic (exact) mass is 414 g/mol. The minimum absolute atomic E-state index is 0.329. The molecule has 2 N–H and O–H groups in total. The molecule has 1 aliphatic rings. The van der Waals surface area contributed by atoms with Gasteiger partial charge in [-0.3, -0.25) is 14.5 Å². The summed E-state index contributed by atoms with van der Waals surface area (Å²) in [4.78, 5) is 42.7. The number of urea groups is 1. The van der Waals surface area contributed by atoms with Crippen LogP contribution in [0.4, 0.5) is 9.93 Å². The molecule has 8 heteroatoms. The standard InChI is InChI=1S/C21H26N4O3S/c1-6-21(7-2)18(27)25(20(28)24-21)10-17(26)23-19-22-16(11-29-19)15-9-13(4)12(3)8-14(15)5/h8-9,11H,6-7,10H2,1-5H3,(H,24,28)(H,22,23,26). The van der Waals surface area contributed by atoms with Gasteiger partial charge >= 0.3 is 6.03 Å². The van der Waals surface area contributed by atoms with Gasteiger partial charge in [0.15, 0.2) is 5.13 Å². The Morgan fingerprint density at radius 3 is 2.41 bits per heavy atom. The van der Waals surface area contributed by atoms with Crippen LogP contribution in [0.3, 0.4) is 0 Å². The van der Waals surface area contributed by atoms with Crippen LogP contribution in [0, 0.1) is 20.8 Å². The fraction of sp³-hybridized carbons (Fsp3) is 0.429. The van der Waals surface area contributed by atoms with Crippen molar-refractivity contribution in [2.75, 3.05) is 11.9 Å². The second-order valence-corrected chi connectivity index (χ2v) is 8.31. The molecule has 0 radical (unpaired) electrons. The smallest absolute Gasteiger partial charge is 0.323 e. The van der Waals surface area contributed by atoms with Gasteiger partial charge in [0.1, 0.15) is 12.1 Å². The second-order valence-electron chi connectivity index (χ2n) is 7.45. The summed E-state index contributed by atoms with van der Waals surface area (Å²) in [5, 5.41) is 7.75. The number of benzene rings is 1. The summed E-state index contributed by atoms with van der Waals surface area (Å²) >= 11 is 1.31. The summed E-state index contributed by atoms with van der Waals surface area (Å²) in [6, 6.07) is 3.68. The molecule has 1 aliphatic heterocycles. The number of carbonyl (C=O) groups excluding carboxylic acids is 3. The Balaban J connectivity index is 1.71. The van der Waals surface area contributed by atoms with Gasteiger partial charge in [0.25, 0.3) is 5.91 Å². The average Bonchev–Trinajstić information content (AvgIpc) is 3.22. The maximum Gasteiger partial charge on any atom is 0.325 e. The first-order valence-electron chi connectivity index (χ1n) is 9.68. The first-order chi connectivity index (χ1) is 13.7. The Kier molecular flexibility index (Phi) is 5.75. The number of aryl methyl sites for hydroxylation is 3. The van der Waals surface area contributed by atoms with Crippen molar-refractivity contribution in [3.05, 3.63) is 34.2 Å². The van der Waals surface area contributed by atoms with E-state index in [1.54, 1.807) is 0 Å². The van der Waals surface area contributed by atoms with Crippen LogP contribution < -0.4 is 10.6 Å². The Morgan fingerprint density at radius 1 is 1.14 bits per heavy atom. The minimum Gasteiger partial charge on any atom is -0.323 e. The molecule has 0 atom stereocenters. The quantitative estimate of drug-likeness (QED) is 0.704. The molecule has 1 saturated heterocycles. The number of nitrogens with one attached hydrogen (secondary N) is 2. The fourth-order valence-electron chi connectivity index (χ4n) is 3.54. The van der Waals surface area contributed by atoms with E-state index < -0.39 is 17.5 Å². The Bertz CT molecular complexity index is 978. The van der Waals surface area contributed by atoms with Gasteiger partial charge in [-0.1, -0.05) is 19.9 Å². The number of rotatable bonds is 6.